The summed E-state index contributed by atoms with van der Waals surface area (Å²) in [5.41, 5.74) is 7.04. The Kier molecular flexibility index (Phi) is 3.71. The molecule has 2 fully saturated rings. The highest BCUT2D eigenvalue weighted by Gasteiger charge is 2.38. The van der Waals surface area contributed by atoms with Crippen LogP contribution in [0.3, 0.4) is 0 Å². The summed E-state index contributed by atoms with van der Waals surface area (Å²) >= 11 is 0. The molecule has 0 aromatic rings. The van der Waals surface area contributed by atoms with E-state index in [9.17, 15) is 0 Å². The molecular weight excluding hydrogens is 182 g/mol. The fraction of sp³-hybridized carbons (Fsp3) is 1.00. The van der Waals surface area contributed by atoms with Gasteiger partial charge < -0.3 is 5.73 Å². The third kappa shape index (κ3) is 2.55. The van der Waals surface area contributed by atoms with Gasteiger partial charge in [-0.05, 0) is 37.0 Å². The standard InChI is InChI=1S/C14H27N/c1-14(10-6-7-11-14)13(15)12-8-4-2-3-5-9-12/h12-13H,2-11,15H2,1H3. The van der Waals surface area contributed by atoms with Gasteiger partial charge in [0.2, 0.25) is 0 Å². The molecule has 15 heavy (non-hydrogen) atoms. The minimum absolute atomic E-state index is 0.481. The van der Waals surface area contributed by atoms with Crippen LogP contribution in [0.1, 0.15) is 71.1 Å². The van der Waals surface area contributed by atoms with Crippen molar-refractivity contribution < 1.29 is 0 Å². The third-order valence-electron chi connectivity index (χ3n) is 4.96. The van der Waals surface area contributed by atoms with Gasteiger partial charge in [0.05, 0.1) is 0 Å². The van der Waals surface area contributed by atoms with Crippen LogP contribution in [0.4, 0.5) is 0 Å². The van der Waals surface area contributed by atoms with Crippen LogP contribution in [-0.4, -0.2) is 6.04 Å². The molecule has 1 unspecified atom stereocenters. The van der Waals surface area contributed by atoms with Crippen molar-refractivity contribution >= 4 is 0 Å². The van der Waals surface area contributed by atoms with E-state index in [1.807, 2.05) is 0 Å². The van der Waals surface area contributed by atoms with E-state index >= 15 is 0 Å². The minimum Gasteiger partial charge on any atom is -0.327 e. The van der Waals surface area contributed by atoms with Gasteiger partial charge in [-0.25, -0.2) is 0 Å². The lowest BCUT2D eigenvalue weighted by Crippen LogP contribution is -2.43. The zero-order valence-corrected chi connectivity index (χ0v) is 10.3. The predicted molar refractivity (Wildman–Crippen MR) is 65.7 cm³/mol. The maximum Gasteiger partial charge on any atom is 0.0121 e. The Balaban J connectivity index is 1.95. The van der Waals surface area contributed by atoms with Gasteiger partial charge in [0.1, 0.15) is 0 Å². The summed E-state index contributed by atoms with van der Waals surface area (Å²) in [6, 6.07) is 0.484. The molecule has 0 amide bonds. The molecule has 2 aliphatic rings. The first-order valence-corrected chi connectivity index (χ1v) is 6.98. The normalized spacial score (nSPS) is 30.0. The van der Waals surface area contributed by atoms with Crippen LogP contribution in [0, 0.1) is 11.3 Å². The van der Waals surface area contributed by atoms with Gasteiger partial charge in [0.25, 0.3) is 0 Å². The van der Waals surface area contributed by atoms with Crippen LogP contribution >= 0.6 is 0 Å². The summed E-state index contributed by atoms with van der Waals surface area (Å²) in [6.07, 6.45) is 14.1. The second kappa shape index (κ2) is 4.86. The topological polar surface area (TPSA) is 26.0 Å². The van der Waals surface area contributed by atoms with Gasteiger partial charge in [-0.2, -0.15) is 0 Å². The van der Waals surface area contributed by atoms with Crippen LogP contribution in [-0.2, 0) is 0 Å². The molecule has 2 saturated carbocycles. The van der Waals surface area contributed by atoms with E-state index in [1.54, 1.807) is 0 Å². The Morgan fingerprint density at radius 3 is 2.00 bits per heavy atom. The van der Waals surface area contributed by atoms with E-state index in [1.165, 1.54) is 64.2 Å². The molecular formula is C14H27N. The fourth-order valence-electron chi connectivity index (χ4n) is 3.76. The average Bonchev–Trinajstić information content (AvgIpc) is 2.54. The first-order chi connectivity index (χ1) is 7.22. The highest BCUT2D eigenvalue weighted by Crippen LogP contribution is 2.44. The largest absolute Gasteiger partial charge is 0.327 e. The van der Waals surface area contributed by atoms with Crippen molar-refractivity contribution in [1.82, 2.24) is 0 Å². The lowest BCUT2D eigenvalue weighted by Gasteiger charge is -2.36. The zero-order valence-electron chi connectivity index (χ0n) is 10.3. The Labute approximate surface area is 94.8 Å². The Bertz CT molecular complexity index is 186. The van der Waals surface area contributed by atoms with Crippen molar-refractivity contribution in [3.63, 3.8) is 0 Å². The molecule has 1 atom stereocenters. The molecule has 2 N–H and O–H groups in total. The van der Waals surface area contributed by atoms with Gasteiger partial charge >= 0.3 is 0 Å². The number of hydrogen-bond donors (Lipinski definition) is 1. The van der Waals surface area contributed by atoms with Gasteiger partial charge in [0, 0.05) is 6.04 Å². The van der Waals surface area contributed by atoms with Crippen LogP contribution in [0.2, 0.25) is 0 Å². The molecule has 0 saturated heterocycles. The summed E-state index contributed by atoms with van der Waals surface area (Å²) in [6.45, 7) is 2.44. The van der Waals surface area contributed by atoms with E-state index in [0.29, 0.717) is 11.5 Å². The third-order valence-corrected chi connectivity index (χ3v) is 4.96. The number of rotatable bonds is 2. The molecule has 1 heteroatoms. The molecule has 2 rings (SSSR count). The lowest BCUT2D eigenvalue weighted by molar-refractivity contribution is 0.183. The molecule has 0 heterocycles. The molecule has 1 nitrogen and oxygen atoms in total. The monoisotopic (exact) mass is 209 g/mol. The Morgan fingerprint density at radius 2 is 1.47 bits per heavy atom. The molecule has 0 spiro atoms. The van der Waals surface area contributed by atoms with Crippen LogP contribution < -0.4 is 5.73 Å². The quantitative estimate of drug-likeness (QED) is 0.687. The van der Waals surface area contributed by atoms with E-state index in [-0.39, 0.29) is 0 Å². The molecule has 88 valence electrons. The van der Waals surface area contributed by atoms with Crippen molar-refractivity contribution in [2.24, 2.45) is 17.1 Å². The molecule has 0 aromatic heterocycles. The minimum atomic E-state index is 0.481. The van der Waals surface area contributed by atoms with Crippen molar-refractivity contribution in [2.75, 3.05) is 0 Å². The van der Waals surface area contributed by atoms with Gasteiger partial charge in [-0.3, -0.25) is 0 Å². The second-order valence-corrected chi connectivity index (χ2v) is 6.14. The maximum absolute atomic E-state index is 6.56. The molecule has 0 bridgehead atoms. The second-order valence-electron chi connectivity index (χ2n) is 6.14. The van der Waals surface area contributed by atoms with Crippen molar-refractivity contribution in [3.8, 4) is 0 Å². The molecule has 0 aromatic carbocycles. The smallest absolute Gasteiger partial charge is 0.0121 e. The first-order valence-electron chi connectivity index (χ1n) is 6.98. The number of hydrogen-bond acceptors (Lipinski definition) is 1. The van der Waals surface area contributed by atoms with Gasteiger partial charge in [-0.1, -0.05) is 45.4 Å². The van der Waals surface area contributed by atoms with Crippen LogP contribution in [0.15, 0.2) is 0 Å². The summed E-state index contributed by atoms with van der Waals surface area (Å²) in [5.74, 6) is 0.829. The van der Waals surface area contributed by atoms with Gasteiger partial charge in [-0.15, -0.1) is 0 Å². The molecule has 0 radical (unpaired) electrons. The van der Waals surface area contributed by atoms with Crippen LogP contribution in [0.5, 0.6) is 0 Å². The summed E-state index contributed by atoms with van der Waals surface area (Å²) in [5, 5.41) is 0. The SMILES string of the molecule is CC1(C(N)C2CCCCCC2)CCCC1. The Morgan fingerprint density at radius 1 is 0.933 bits per heavy atom. The summed E-state index contributed by atoms with van der Waals surface area (Å²) in [4.78, 5) is 0. The number of nitrogens with two attached hydrogens (primary N) is 1. The van der Waals surface area contributed by atoms with Crippen LogP contribution in [0.25, 0.3) is 0 Å². The molecule has 0 aliphatic heterocycles. The Hall–Kier alpha value is -0.0400. The highest BCUT2D eigenvalue weighted by atomic mass is 14.7. The van der Waals surface area contributed by atoms with Crippen molar-refractivity contribution in [2.45, 2.75) is 77.2 Å². The summed E-state index contributed by atoms with van der Waals surface area (Å²) < 4.78 is 0. The van der Waals surface area contributed by atoms with Crippen molar-refractivity contribution in [3.05, 3.63) is 0 Å². The predicted octanol–water partition coefficient (Wildman–Crippen LogP) is 3.86. The van der Waals surface area contributed by atoms with Crippen molar-refractivity contribution in [1.29, 1.82) is 0 Å². The fourth-order valence-corrected chi connectivity index (χ4v) is 3.76. The zero-order chi connectivity index (χ0) is 10.7. The summed E-state index contributed by atoms with van der Waals surface area (Å²) in [7, 11) is 0. The lowest BCUT2D eigenvalue weighted by atomic mass is 9.73. The first kappa shape index (κ1) is 11.4. The van der Waals surface area contributed by atoms with E-state index in [4.69, 9.17) is 5.73 Å². The van der Waals surface area contributed by atoms with E-state index in [2.05, 4.69) is 6.92 Å². The molecule has 2 aliphatic carbocycles. The van der Waals surface area contributed by atoms with E-state index < -0.39 is 0 Å². The van der Waals surface area contributed by atoms with E-state index in [0.717, 1.165) is 5.92 Å². The average molecular weight is 209 g/mol. The maximum atomic E-state index is 6.56. The van der Waals surface area contributed by atoms with Gasteiger partial charge in [0.15, 0.2) is 0 Å². The highest BCUT2D eigenvalue weighted by molar-refractivity contribution is 4.93.